The van der Waals surface area contributed by atoms with Gasteiger partial charge in [-0.15, -0.1) is 0 Å². The van der Waals surface area contributed by atoms with Crippen molar-refractivity contribution in [1.82, 2.24) is 0 Å². The second-order valence-corrected chi connectivity index (χ2v) is 6.30. The summed E-state index contributed by atoms with van der Waals surface area (Å²) in [4.78, 5) is 32.7. The minimum atomic E-state index is -0.963. The number of quaternary nitrogens is 1. The molecular formula is C15H28NO5+. The van der Waals surface area contributed by atoms with Gasteiger partial charge in [0.1, 0.15) is 12.8 Å². The number of hydrogen-bond acceptors (Lipinski definition) is 4. The third-order valence-electron chi connectivity index (χ3n) is 2.90. The number of aldehydes is 1. The largest absolute Gasteiger partial charge is 0.481 e. The molecule has 6 nitrogen and oxygen atoms in total. The maximum absolute atomic E-state index is 11.7. The van der Waals surface area contributed by atoms with Crippen molar-refractivity contribution >= 4 is 18.2 Å². The summed E-state index contributed by atoms with van der Waals surface area (Å²) < 4.78 is 5.81. The van der Waals surface area contributed by atoms with Gasteiger partial charge in [0.25, 0.3) is 0 Å². The van der Waals surface area contributed by atoms with E-state index in [1.165, 1.54) is 0 Å². The van der Waals surface area contributed by atoms with Crippen molar-refractivity contribution in [2.24, 2.45) is 0 Å². The van der Waals surface area contributed by atoms with Gasteiger partial charge in [-0.3, -0.25) is 9.59 Å². The van der Waals surface area contributed by atoms with Crippen LogP contribution in [0.3, 0.4) is 0 Å². The number of carbonyl (C=O) groups excluding carboxylic acids is 2. The molecule has 1 N–H and O–H groups in total. The molecule has 0 rings (SSSR count). The summed E-state index contributed by atoms with van der Waals surface area (Å²) in [6, 6.07) is 0. The molecule has 0 bridgehead atoms. The molecule has 0 amide bonds. The third kappa shape index (κ3) is 13.3. The molecule has 1 atom stereocenters. The highest BCUT2D eigenvalue weighted by atomic mass is 16.5. The van der Waals surface area contributed by atoms with Gasteiger partial charge in [0.15, 0.2) is 6.10 Å². The molecule has 0 aromatic rings. The molecule has 6 heteroatoms. The Morgan fingerprint density at radius 2 is 1.76 bits per heavy atom. The summed E-state index contributed by atoms with van der Waals surface area (Å²) >= 11 is 0. The van der Waals surface area contributed by atoms with E-state index < -0.39 is 12.1 Å². The van der Waals surface area contributed by atoms with Crippen LogP contribution < -0.4 is 0 Å². The summed E-state index contributed by atoms with van der Waals surface area (Å²) in [6.07, 6.45) is 4.36. The highest BCUT2D eigenvalue weighted by Gasteiger charge is 2.24. The number of ether oxygens (including phenoxy) is 1. The minimum Gasteiger partial charge on any atom is -0.481 e. The van der Waals surface area contributed by atoms with Gasteiger partial charge in [-0.05, 0) is 12.8 Å². The van der Waals surface area contributed by atoms with Crippen LogP contribution >= 0.6 is 0 Å². The lowest BCUT2D eigenvalue weighted by Gasteiger charge is -2.28. The molecular weight excluding hydrogens is 274 g/mol. The minimum absolute atomic E-state index is 0.166. The smallest absolute Gasteiger partial charge is 0.307 e. The quantitative estimate of drug-likeness (QED) is 0.256. The molecule has 0 aromatic heterocycles. The summed E-state index contributed by atoms with van der Waals surface area (Å²) in [5.41, 5.74) is 0. The third-order valence-corrected chi connectivity index (χ3v) is 2.90. The van der Waals surface area contributed by atoms with Crippen LogP contribution in [0, 0.1) is 0 Å². The Hall–Kier alpha value is -1.43. The highest BCUT2D eigenvalue weighted by Crippen LogP contribution is 2.09. The predicted octanol–water partition coefficient (Wildman–Crippen LogP) is 1.62. The number of likely N-dealkylation sites (N-methyl/N-ethyl adjacent to an activating group) is 1. The number of carbonyl (C=O) groups is 3. The van der Waals surface area contributed by atoms with Gasteiger partial charge in [0.2, 0.25) is 0 Å². The van der Waals surface area contributed by atoms with Crippen LogP contribution in [-0.4, -0.2) is 61.6 Å². The van der Waals surface area contributed by atoms with E-state index in [-0.39, 0.29) is 12.4 Å². The van der Waals surface area contributed by atoms with E-state index in [1.807, 2.05) is 21.1 Å². The van der Waals surface area contributed by atoms with Gasteiger partial charge >= 0.3 is 11.9 Å². The van der Waals surface area contributed by atoms with Crippen LogP contribution in [0.4, 0.5) is 0 Å². The topological polar surface area (TPSA) is 80.7 Å². The second kappa shape index (κ2) is 10.3. The maximum Gasteiger partial charge on any atom is 0.307 e. The molecule has 0 aliphatic rings. The van der Waals surface area contributed by atoms with Crippen LogP contribution in [0.25, 0.3) is 0 Å². The van der Waals surface area contributed by atoms with Crippen molar-refractivity contribution in [2.45, 2.75) is 51.0 Å². The zero-order valence-corrected chi connectivity index (χ0v) is 13.3. The number of nitrogens with zero attached hydrogens (tertiary/aromatic N) is 1. The Balaban J connectivity index is 4.04. The first-order valence-corrected chi connectivity index (χ1v) is 7.40. The zero-order chi connectivity index (χ0) is 16.3. The zero-order valence-electron chi connectivity index (χ0n) is 13.3. The Bertz CT molecular complexity index is 335. The fraction of sp³-hybridized carbons (Fsp3) is 0.800. The maximum atomic E-state index is 11.7. The molecule has 0 saturated heterocycles. The molecule has 21 heavy (non-hydrogen) atoms. The van der Waals surface area contributed by atoms with E-state index in [9.17, 15) is 14.4 Å². The second-order valence-electron chi connectivity index (χ2n) is 6.30. The van der Waals surface area contributed by atoms with E-state index in [0.717, 1.165) is 25.5 Å². The predicted molar refractivity (Wildman–Crippen MR) is 78.8 cm³/mol. The molecule has 0 spiro atoms. The number of carboxylic acids is 1. The Labute approximate surface area is 126 Å². The summed E-state index contributed by atoms with van der Waals surface area (Å²) in [7, 11) is 5.78. The van der Waals surface area contributed by atoms with Crippen molar-refractivity contribution in [3.05, 3.63) is 0 Å². The molecule has 0 saturated carbocycles. The fourth-order valence-corrected chi connectivity index (χ4v) is 2.04. The first-order chi connectivity index (χ1) is 9.74. The first kappa shape index (κ1) is 19.6. The highest BCUT2D eigenvalue weighted by molar-refractivity contribution is 5.71. The summed E-state index contributed by atoms with van der Waals surface area (Å²) in [5.74, 6) is -1.31. The Kier molecular flexibility index (Phi) is 9.62. The lowest BCUT2D eigenvalue weighted by Crippen LogP contribution is -2.43. The van der Waals surface area contributed by atoms with Crippen LogP contribution in [0.5, 0.6) is 0 Å². The summed E-state index contributed by atoms with van der Waals surface area (Å²) in [5, 5.41) is 8.86. The van der Waals surface area contributed by atoms with Crippen LogP contribution in [0.2, 0.25) is 0 Å². The molecule has 1 unspecified atom stereocenters. The van der Waals surface area contributed by atoms with Crippen LogP contribution in [0.1, 0.15) is 44.9 Å². The van der Waals surface area contributed by atoms with Crippen LogP contribution in [0.15, 0.2) is 0 Å². The van der Waals surface area contributed by atoms with Gasteiger partial charge in [0.05, 0.1) is 27.6 Å². The molecule has 122 valence electrons. The Morgan fingerprint density at radius 3 is 2.29 bits per heavy atom. The lowest BCUT2D eigenvalue weighted by atomic mass is 10.1. The molecule has 0 heterocycles. The van der Waals surface area contributed by atoms with Gasteiger partial charge in [-0.2, -0.15) is 0 Å². The average molecular weight is 302 g/mol. The lowest BCUT2D eigenvalue weighted by molar-refractivity contribution is -0.873. The number of unbranched alkanes of at least 4 members (excludes halogenated alkanes) is 4. The van der Waals surface area contributed by atoms with E-state index in [0.29, 0.717) is 30.3 Å². The van der Waals surface area contributed by atoms with E-state index in [2.05, 4.69) is 0 Å². The van der Waals surface area contributed by atoms with E-state index >= 15 is 0 Å². The number of carboxylic acid groups (broad SMARTS) is 1. The summed E-state index contributed by atoms with van der Waals surface area (Å²) in [6.45, 7) is 0.470. The molecule has 0 fully saturated rings. The Morgan fingerprint density at radius 1 is 1.14 bits per heavy atom. The molecule has 0 aliphatic heterocycles. The first-order valence-electron chi connectivity index (χ1n) is 7.40. The van der Waals surface area contributed by atoms with Crippen molar-refractivity contribution < 1.29 is 28.7 Å². The monoisotopic (exact) mass is 302 g/mol. The van der Waals surface area contributed by atoms with Crippen molar-refractivity contribution in [1.29, 1.82) is 0 Å². The average Bonchev–Trinajstić information content (AvgIpc) is 2.30. The number of aliphatic carboxylic acids is 1. The van der Waals surface area contributed by atoms with Crippen molar-refractivity contribution in [3.63, 3.8) is 0 Å². The molecule has 0 aromatic carbocycles. The van der Waals surface area contributed by atoms with E-state index in [1.54, 1.807) is 0 Å². The van der Waals surface area contributed by atoms with Gasteiger partial charge in [-0.25, -0.2) is 0 Å². The normalized spacial score (nSPS) is 12.7. The number of hydrogen-bond donors (Lipinski definition) is 1. The number of esters is 1. The van der Waals surface area contributed by atoms with Gasteiger partial charge in [0, 0.05) is 12.8 Å². The van der Waals surface area contributed by atoms with Crippen molar-refractivity contribution in [3.8, 4) is 0 Å². The van der Waals surface area contributed by atoms with Crippen molar-refractivity contribution in [2.75, 3.05) is 27.7 Å². The SMILES string of the molecule is C[N+](C)(C)CC(CC(=O)O)OC(=O)CCCCCCC=O. The fourth-order valence-electron chi connectivity index (χ4n) is 2.04. The van der Waals surface area contributed by atoms with Gasteiger partial charge in [-0.1, -0.05) is 12.8 Å². The van der Waals surface area contributed by atoms with Gasteiger partial charge < -0.3 is 19.1 Å². The van der Waals surface area contributed by atoms with Crippen LogP contribution in [-0.2, 0) is 19.1 Å². The molecule has 0 aliphatic carbocycles. The molecule has 0 radical (unpaired) electrons. The van der Waals surface area contributed by atoms with E-state index in [4.69, 9.17) is 9.84 Å². The number of rotatable bonds is 12. The standard InChI is InChI=1S/C15H27NO5/c1-16(2,3)12-13(11-14(18)19)21-15(20)9-7-5-4-6-8-10-17/h10,13H,4-9,11-12H2,1-3H3/p+1.